The molecule has 0 aliphatic heterocycles. The number of benzene rings is 4. The van der Waals surface area contributed by atoms with E-state index in [9.17, 15) is 21.6 Å². The van der Waals surface area contributed by atoms with Crippen molar-refractivity contribution in [3.63, 3.8) is 0 Å². The Balaban J connectivity index is 1.51. The van der Waals surface area contributed by atoms with E-state index in [0.29, 0.717) is 27.6 Å². The molecule has 3 N–H and O–H groups in total. The van der Waals surface area contributed by atoms with Gasteiger partial charge < -0.3 is 5.32 Å². The maximum atomic E-state index is 13.2. The molecule has 0 saturated carbocycles. The standard InChI is InChI=1S/C28H26ClN3O5S2/c1-18-6-4-9-26(20(18)3)32-39(36,37)27-16-21(11-10-19(27)2)28(33)30-23-12-14-25(15-13-23)38(34,35)31-24-8-5-7-22(29)17-24/h4-17,31-32H,1-3H3,(H,30,33). The second-order valence-electron chi connectivity index (χ2n) is 8.93. The second-order valence-corrected chi connectivity index (χ2v) is 12.7. The zero-order chi connectivity index (χ0) is 28.4. The average molecular weight is 584 g/mol. The van der Waals surface area contributed by atoms with Gasteiger partial charge in [-0.2, -0.15) is 0 Å². The number of nitrogens with one attached hydrogen (secondary N) is 3. The fourth-order valence-electron chi connectivity index (χ4n) is 3.78. The highest BCUT2D eigenvalue weighted by molar-refractivity contribution is 7.93. The highest BCUT2D eigenvalue weighted by atomic mass is 35.5. The molecule has 1 amide bonds. The van der Waals surface area contributed by atoms with Crippen molar-refractivity contribution in [2.45, 2.75) is 30.6 Å². The van der Waals surface area contributed by atoms with Crippen LogP contribution in [0.1, 0.15) is 27.0 Å². The Hall–Kier alpha value is -3.86. The maximum Gasteiger partial charge on any atom is 0.262 e. The van der Waals surface area contributed by atoms with Gasteiger partial charge in [0, 0.05) is 16.3 Å². The first-order valence-electron chi connectivity index (χ1n) is 11.8. The van der Waals surface area contributed by atoms with Crippen LogP contribution in [-0.4, -0.2) is 22.7 Å². The number of amides is 1. The summed E-state index contributed by atoms with van der Waals surface area (Å²) in [4.78, 5) is 12.9. The molecule has 4 rings (SSSR count). The van der Waals surface area contributed by atoms with Gasteiger partial charge in [-0.3, -0.25) is 14.2 Å². The van der Waals surface area contributed by atoms with Crippen LogP contribution in [-0.2, 0) is 20.0 Å². The molecule has 0 unspecified atom stereocenters. The minimum absolute atomic E-state index is 0.0123. The summed E-state index contributed by atoms with van der Waals surface area (Å²) >= 11 is 5.92. The number of halogens is 1. The van der Waals surface area contributed by atoms with Crippen LogP contribution in [0, 0.1) is 20.8 Å². The first-order valence-corrected chi connectivity index (χ1v) is 15.1. The molecule has 0 radical (unpaired) electrons. The van der Waals surface area contributed by atoms with E-state index in [1.54, 1.807) is 43.3 Å². The van der Waals surface area contributed by atoms with E-state index in [-0.39, 0.29) is 15.4 Å². The van der Waals surface area contributed by atoms with Crippen LogP contribution in [0.3, 0.4) is 0 Å². The Kier molecular flexibility index (Phi) is 8.01. The zero-order valence-corrected chi connectivity index (χ0v) is 23.7. The average Bonchev–Trinajstić information content (AvgIpc) is 2.87. The van der Waals surface area contributed by atoms with Crippen LogP contribution >= 0.6 is 11.6 Å². The van der Waals surface area contributed by atoms with Gasteiger partial charge in [0.25, 0.3) is 26.0 Å². The number of carbonyl (C=O) groups excluding carboxylic acids is 1. The summed E-state index contributed by atoms with van der Waals surface area (Å²) in [6.45, 7) is 5.37. The smallest absolute Gasteiger partial charge is 0.262 e. The lowest BCUT2D eigenvalue weighted by molar-refractivity contribution is 0.102. The molecular formula is C28H26ClN3O5S2. The van der Waals surface area contributed by atoms with Crippen molar-refractivity contribution in [3.05, 3.63) is 112 Å². The highest BCUT2D eigenvalue weighted by Gasteiger charge is 2.21. The number of hydrogen-bond donors (Lipinski definition) is 3. The third kappa shape index (κ3) is 6.59. The molecule has 202 valence electrons. The molecular weight excluding hydrogens is 558 g/mol. The Morgan fingerprint density at radius 2 is 1.38 bits per heavy atom. The summed E-state index contributed by atoms with van der Waals surface area (Å²) in [6, 6.07) is 21.6. The molecule has 4 aromatic rings. The van der Waals surface area contributed by atoms with Crippen molar-refractivity contribution >= 4 is 54.6 Å². The number of aryl methyl sites for hydroxylation is 2. The van der Waals surface area contributed by atoms with Crippen LogP contribution in [0.2, 0.25) is 5.02 Å². The Bertz CT molecular complexity index is 1770. The van der Waals surface area contributed by atoms with Crippen LogP contribution in [0.5, 0.6) is 0 Å². The van der Waals surface area contributed by atoms with Crippen LogP contribution < -0.4 is 14.8 Å². The molecule has 8 nitrogen and oxygen atoms in total. The van der Waals surface area contributed by atoms with E-state index in [4.69, 9.17) is 11.6 Å². The lowest BCUT2D eigenvalue weighted by Crippen LogP contribution is -2.18. The van der Waals surface area contributed by atoms with Crippen LogP contribution in [0.25, 0.3) is 0 Å². The van der Waals surface area contributed by atoms with Crippen LogP contribution in [0.4, 0.5) is 17.1 Å². The van der Waals surface area contributed by atoms with Gasteiger partial charge in [-0.25, -0.2) is 16.8 Å². The molecule has 0 aliphatic carbocycles. The minimum atomic E-state index is -3.97. The molecule has 0 bridgehead atoms. The van der Waals surface area contributed by atoms with Gasteiger partial charge in [-0.15, -0.1) is 0 Å². The molecule has 0 aliphatic rings. The summed E-state index contributed by atoms with van der Waals surface area (Å²) in [5, 5.41) is 3.06. The maximum absolute atomic E-state index is 13.2. The fourth-order valence-corrected chi connectivity index (χ4v) is 6.41. The van der Waals surface area contributed by atoms with Gasteiger partial charge in [0.1, 0.15) is 0 Å². The number of rotatable bonds is 8. The number of hydrogen-bond acceptors (Lipinski definition) is 5. The van der Waals surface area contributed by atoms with E-state index in [1.807, 2.05) is 19.9 Å². The van der Waals surface area contributed by atoms with Gasteiger partial charge in [0.05, 0.1) is 21.2 Å². The van der Waals surface area contributed by atoms with Gasteiger partial charge in [-0.05, 0) is 98.1 Å². The topological polar surface area (TPSA) is 121 Å². The normalized spacial score (nSPS) is 11.6. The molecule has 4 aromatic carbocycles. The summed E-state index contributed by atoms with van der Waals surface area (Å²) in [7, 11) is -7.86. The molecule has 11 heteroatoms. The quantitative estimate of drug-likeness (QED) is 0.231. The van der Waals surface area contributed by atoms with E-state index >= 15 is 0 Å². The molecule has 0 heterocycles. The molecule has 0 saturated heterocycles. The summed E-state index contributed by atoms with van der Waals surface area (Å²) in [6.07, 6.45) is 0. The first kappa shape index (κ1) is 28.2. The van der Waals surface area contributed by atoms with Crippen LogP contribution in [0.15, 0.2) is 94.7 Å². The summed E-state index contributed by atoms with van der Waals surface area (Å²) in [5.41, 5.74) is 3.47. The first-order chi connectivity index (χ1) is 18.4. The fraction of sp³-hybridized carbons (Fsp3) is 0.107. The lowest BCUT2D eigenvalue weighted by Gasteiger charge is -2.15. The van der Waals surface area contributed by atoms with Gasteiger partial charge in [-0.1, -0.05) is 35.9 Å². The molecule has 0 aromatic heterocycles. The van der Waals surface area contributed by atoms with Gasteiger partial charge >= 0.3 is 0 Å². The largest absolute Gasteiger partial charge is 0.322 e. The van der Waals surface area contributed by atoms with Crippen molar-refractivity contribution < 1.29 is 21.6 Å². The van der Waals surface area contributed by atoms with E-state index in [0.717, 1.165) is 11.1 Å². The SMILES string of the molecule is Cc1ccc(C(=O)Nc2ccc(S(=O)(=O)Nc3cccc(Cl)c3)cc2)cc1S(=O)(=O)Nc1cccc(C)c1C. The predicted octanol–water partition coefficient (Wildman–Crippen LogP) is 6.12. The van der Waals surface area contributed by atoms with Crippen molar-refractivity contribution in [2.75, 3.05) is 14.8 Å². The molecule has 0 atom stereocenters. The molecule has 0 spiro atoms. The molecule has 0 fully saturated rings. The number of carbonyl (C=O) groups is 1. The van der Waals surface area contributed by atoms with Crippen molar-refractivity contribution in [3.8, 4) is 0 Å². The predicted molar refractivity (Wildman–Crippen MR) is 155 cm³/mol. The van der Waals surface area contributed by atoms with Gasteiger partial charge in [0.15, 0.2) is 0 Å². The van der Waals surface area contributed by atoms with Crippen molar-refractivity contribution in [1.29, 1.82) is 0 Å². The monoisotopic (exact) mass is 583 g/mol. The minimum Gasteiger partial charge on any atom is -0.322 e. The number of sulfonamides is 2. The molecule has 39 heavy (non-hydrogen) atoms. The second kappa shape index (κ2) is 11.1. The number of anilines is 3. The van der Waals surface area contributed by atoms with Crippen molar-refractivity contribution in [2.24, 2.45) is 0 Å². The van der Waals surface area contributed by atoms with E-state index in [1.165, 1.54) is 42.5 Å². The van der Waals surface area contributed by atoms with Gasteiger partial charge in [0.2, 0.25) is 0 Å². The Morgan fingerprint density at radius 1 is 0.692 bits per heavy atom. The zero-order valence-electron chi connectivity index (χ0n) is 21.3. The lowest BCUT2D eigenvalue weighted by atomic mass is 10.1. The summed E-state index contributed by atoms with van der Waals surface area (Å²) in [5.74, 6) is -0.550. The third-order valence-corrected chi connectivity index (χ3v) is 9.23. The summed E-state index contributed by atoms with van der Waals surface area (Å²) < 4.78 is 56.8. The third-order valence-electron chi connectivity index (χ3n) is 6.09. The Labute approximate surface area is 233 Å². The van der Waals surface area contributed by atoms with E-state index in [2.05, 4.69) is 14.8 Å². The highest BCUT2D eigenvalue weighted by Crippen LogP contribution is 2.25. The van der Waals surface area contributed by atoms with Crippen molar-refractivity contribution in [1.82, 2.24) is 0 Å². The van der Waals surface area contributed by atoms with E-state index < -0.39 is 26.0 Å². The Morgan fingerprint density at radius 3 is 2.08 bits per heavy atom.